The van der Waals surface area contributed by atoms with Gasteiger partial charge in [-0.3, -0.25) is 4.98 Å². The van der Waals surface area contributed by atoms with Crippen molar-refractivity contribution in [2.24, 2.45) is 0 Å². The summed E-state index contributed by atoms with van der Waals surface area (Å²) in [7, 11) is 0. The van der Waals surface area contributed by atoms with Gasteiger partial charge in [0.2, 0.25) is 0 Å². The molecule has 0 radical (unpaired) electrons. The molecule has 144 valence electrons. The van der Waals surface area contributed by atoms with E-state index in [0.29, 0.717) is 27.5 Å². The maximum absolute atomic E-state index is 9.50. The van der Waals surface area contributed by atoms with Crippen LogP contribution in [0.5, 0.6) is 0 Å². The van der Waals surface area contributed by atoms with E-state index >= 15 is 0 Å². The van der Waals surface area contributed by atoms with Crippen molar-refractivity contribution in [3.8, 4) is 11.3 Å². The highest BCUT2D eigenvalue weighted by Gasteiger charge is 2.41. The second-order valence-electron chi connectivity index (χ2n) is 6.37. The summed E-state index contributed by atoms with van der Waals surface area (Å²) in [5.41, 5.74) is 1.68. The normalized spacial score (nSPS) is 19.1. The SMILES string of the molecule is OCCN1C(=S)N[C@H](c2ccccn2)[C@H]1c1ccc(-c2ccc(Cl)c(Cl)c2)o1. The lowest BCUT2D eigenvalue weighted by atomic mass is 10.0. The van der Waals surface area contributed by atoms with Gasteiger partial charge in [-0.05, 0) is 54.7 Å². The van der Waals surface area contributed by atoms with Crippen molar-refractivity contribution in [2.45, 2.75) is 12.1 Å². The number of aliphatic hydroxyl groups excluding tert-OH is 1. The number of rotatable bonds is 5. The minimum Gasteiger partial charge on any atom is -0.459 e. The van der Waals surface area contributed by atoms with Crippen LogP contribution in [0.4, 0.5) is 0 Å². The van der Waals surface area contributed by atoms with Gasteiger partial charge < -0.3 is 19.7 Å². The topological polar surface area (TPSA) is 61.5 Å². The van der Waals surface area contributed by atoms with E-state index in [4.69, 9.17) is 39.8 Å². The lowest BCUT2D eigenvalue weighted by Gasteiger charge is -2.25. The summed E-state index contributed by atoms with van der Waals surface area (Å²) in [5.74, 6) is 1.40. The van der Waals surface area contributed by atoms with E-state index in [9.17, 15) is 5.11 Å². The number of nitrogens with one attached hydrogen (secondary N) is 1. The predicted molar refractivity (Wildman–Crippen MR) is 113 cm³/mol. The Hall–Kier alpha value is -2.12. The van der Waals surface area contributed by atoms with Gasteiger partial charge >= 0.3 is 0 Å². The molecule has 28 heavy (non-hydrogen) atoms. The number of thiocarbonyl (C=S) groups is 1. The van der Waals surface area contributed by atoms with Crippen LogP contribution in [0, 0.1) is 0 Å². The van der Waals surface area contributed by atoms with Gasteiger partial charge in [0.25, 0.3) is 0 Å². The van der Waals surface area contributed by atoms with Crippen LogP contribution in [0.25, 0.3) is 11.3 Å². The lowest BCUT2D eigenvalue weighted by molar-refractivity contribution is 0.209. The smallest absolute Gasteiger partial charge is 0.170 e. The van der Waals surface area contributed by atoms with Gasteiger partial charge in [0, 0.05) is 18.3 Å². The number of hydrogen-bond donors (Lipinski definition) is 2. The predicted octanol–water partition coefficient (Wildman–Crippen LogP) is 4.61. The van der Waals surface area contributed by atoms with Crippen molar-refractivity contribution < 1.29 is 9.52 Å². The zero-order valence-corrected chi connectivity index (χ0v) is 17.0. The lowest BCUT2D eigenvalue weighted by Crippen LogP contribution is -2.32. The standard InChI is InChI=1S/C20H17Cl2N3O2S/c21-13-5-4-12(11-14(13)22)16-6-7-17(27-16)19-18(15-3-1-2-8-23-15)24-20(28)25(19)9-10-26/h1-8,11,18-19,26H,9-10H2,(H,24,28)/t18-,19-/m1/s1. The van der Waals surface area contributed by atoms with Crippen molar-refractivity contribution in [3.05, 3.63) is 76.2 Å². The first-order valence-corrected chi connectivity index (χ1v) is 9.89. The van der Waals surface area contributed by atoms with Crippen LogP contribution < -0.4 is 5.32 Å². The molecule has 2 atom stereocenters. The molecule has 0 amide bonds. The molecule has 2 aromatic heterocycles. The molecule has 1 aliphatic rings. The fourth-order valence-corrected chi connectivity index (χ4v) is 4.01. The Labute approximate surface area is 177 Å². The van der Waals surface area contributed by atoms with Crippen LogP contribution in [-0.4, -0.2) is 33.3 Å². The molecular weight excluding hydrogens is 417 g/mol. The maximum atomic E-state index is 9.50. The van der Waals surface area contributed by atoms with Gasteiger partial charge in [0.1, 0.15) is 17.6 Å². The Morgan fingerprint density at radius 3 is 2.71 bits per heavy atom. The second kappa shape index (κ2) is 8.09. The molecule has 1 aromatic carbocycles. The van der Waals surface area contributed by atoms with E-state index in [2.05, 4.69) is 10.3 Å². The number of hydrogen-bond acceptors (Lipinski definition) is 4. The maximum Gasteiger partial charge on any atom is 0.170 e. The van der Waals surface area contributed by atoms with E-state index in [-0.39, 0.29) is 18.7 Å². The minimum absolute atomic E-state index is 0.0202. The number of furan rings is 1. The van der Waals surface area contributed by atoms with E-state index < -0.39 is 0 Å². The summed E-state index contributed by atoms with van der Waals surface area (Å²) in [6.07, 6.45) is 1.75. The van der Waals surface area contributed by atoms with Crippen molar-refractivity contribution >= 4 is 40.5 Å². The Kier molecular flexibility index (Phi) is 5.55. The van der Waals surface area contributed by atoms with Gasteiger partial charge in [-0.2, -0.15) is 0 Å². The van der Waals surface area contributed by atoms with Crippen molar-refractivity contribution in [1.29, 1.82) is 0 Å². The third-order valence-corrected chi connectivity index (χ3v) is 5.75. The number of pyridine rings is 1. The summed E-state index contributed by atoms with van der Waals surface area (Å²) in [4.78, 5) is 6.39. The van der Waals surface area contributed by atoms with Crippen molar-refractivity contribution in [2.75, 3.05) is 13.2 Å². The zero-order chi connectivity index (χ0) is 19.7. The van der Waals surface area contributed by atoms with E-state index in [0.717, 1.165) is 17.0 Å². The molecule has 1 aliphatic heterocycles. The number of aromatic nitrogens is 1. The molecule has 3 aromatic rings. The minimum atomic E-state index is -0.230. The van der Waals surface area contributed by atoms with Crippen molar-refractivity contribution in [3.63, 3.8) is 0 Å². The van der Waals surface area contributed by atoms with Crippen LogP contribution >= 0.6 is 35.4 Å². The summed E-state index contributed by atoms with van der Waals surface area (Å²) in [6, 6.07) is 14.5. The van der Waals surface area contributed by atoms with Gasteiger partial charge in [-0.25, -0.2) is 0 Å². The fourth-order valence-electron chi connectivity index (χ4n) is 3.38. The largest absolute Gasteiger partial charge is 0.459 e. The summed E-state index contributed by atoms with van der Waals surface area (Å²) in [5, 5.41) is 14.3. The van der Waals surface area contributed by atoms with Gasteiger partial charge in [-0.15, -0.1) is 0 Å². The van der Waals surface area contributed by atoms with Crippen LogP contribution in [-0.2, 0) is 0 Å². The van der Waals surface area contributed by atoms with Crippen LogP contribution in [0.3, 0.4) is 0 Å². The van der Waals surface area contributed by atoms with Crippen LogP contribution in [0.15, 0.2) is 59.1 Å². The highest BCUT2D eigenvalue weighted by atomic mass is 35.5. The third kappa shape index (κ3) is 3.61. The quantitative estimate of drug-likeness (QED) is 0.572. The first kappa shape index (κ1) is 19.2. The Morgan fingerprint density at radius 2 is 2.00 bits per heavy atom. The fraction of sp³-hybridized carbons (Fsp3) is 0.200. The summed E-state index contributed by atoms with van der Waals surface area (Å²) >= 11 is 17.6. The second-order valence-corrected chi connectivity index (χ2v) is 7.58. The Morgan fingerprint density at radius 1 is 1.14 bits per heavy atom. The van der Waals surface area contributed by atoms with Crippen LogP contribution in [0.2, 0.25) is 10.0 Å². The molecule has 0 bridgehead atoms. The number of nitrogens with zero attached hydrogens (tertiary/aromatic N) is 2. The van der Waals surface area contributed by atoms with Gasteiger partial charge in [0.15, 0.2) is 5.11 Å². The molecule has 0 saturated carbocycles. The van der Waals surface area contributed by atoms with Crippen LogP contribution in [0.1, 0.15) is 23.5 Å². The van der Waals surface area contributed by atoms with Gasteiger partial charge in [-0.1, -0.05) is 29.3 Å². The van der Waals surface area contributed by atoms with Crippen molar-refractivity contribution in [1.82, 2.24) is 15.2 Å². The molecule has 2 N–H and O–H groups in total. The molecule has 1 fully saturated rings. The zero-order valence-electron chi connectivity index (χ0n) is 14.7. The number of halogens is 2. The van der Waals surface area contributed by atoms with E-state index in [1.807, 2.05) is 41.3 Å². The number of aliphatic hydroxyl groups is 1. The molecule has 5 nitrogen and oxygen atoms in total. The highest BCUT2D eigenvalue weighted by molar-refractivity contribution is 7.80. The molecule has 8 heteroatoms. The highest BCUT2D eigenvalue weighted by Crippen LogP contribution is 2.40. The summed E-state index contributed by atoms with van der Waals surface area (Å²) < 4.78 is 6.17. The van der Waals surface area contributed by atoms with E-state index in [1.165, 1.54) is 0 Å². The number of benzene rings is 1. The molecular formula is C20H17Cl2N3O2S. The average Bonchev–Trinajstić information content (AvgIpc) is 3.30. The number of β-amino-alcohol motifs (C(OH)–C–C–N with tert-alkyl or cyclic N) is 1. The molecule has 0 spiro atoms. The molecule has 0 unspecified atom stereocenters. The average molecular weight is 434 g/mol. The third-order valence-electron chi connectivity index (χ3n) is 4.66. The first-order valence-electron chi connectivity index (χ1n) is 8.72. The summed E-state index contributed by atoms with van der Waals surface area (Å²) in [6.45, 7) is 0.371. The molecule has 4 rings (SSSR count). The monoisotopic (exact) mass is 433 g/mol. The first-order chi connectivity index (χ1) is 13.6. The molecule has 1 saturated heterocycles. The van der Waals surface area contributed by atoms with Gasteiger partial charge in [0.05, 0.1) is 28.4 Å². The molecule has 0 aliphatic carbocycles. The molecule has 3 heterocycles. The Bertz CT molecular complexity index is 996. The Balaban J connectivity index is 1.72. The van der Waals surface area contributed by atoms with E-state index in [1.54, 1.807) is 18.3 Å².